The quantitative estimate of drug-likeness (QED) is 0.646. The number of carbonyl (C=O) groups is 1. The third kappa shape index (κ3) is 3.32. The van der Waals surface area contributed by atoms with Gasteiger partial charge in [0.15, 0.2) is 0 Å². The topological polar surface area (TPSA) is 95.6 Å². The van der Waals surface area contributed by atoms with Crippen molar-refractivity contribution >= 4 is 50.6 Å². The van der Waals surface area contributed by atoms with Gasteiger partial charge in [0.1, 0.15) is 5.01 Å². The zero-order chi connectivity index (χ0) is 17.4. The fourth-order valence-electron chi connectivity index (χ4n) is 3.27. The molecule has 0 saturated heterocycles. The summed E-state index contributed by atoms with van der Waals surface area (Å²) in [6, 6.07) is 4.06. The van der Waals surface area contributed by atoms with Crippen molar-refractivity contribution in [2.24, 2.45) is 0 Å². The van der Waals surface area contributed by atoms with Crippen LogP contribution in [0.2, 0.25) is 5.02 Å². The van der Waals surface area contributed by atoms with Crippen molar-refractivity contribution in [3.05, 3.63) is 28.4 Å². The van der Waals surface area contributed by atoms with E-state index in [2.05, 4.69) is 31.0 Å². The predicted octanol–water partition coefficient (Wildman–Crippen LogP) is 3.58. The molecule has 0 spiro atoms. The smallest absolute Gasteiger partial charge is 0.217 e. The number of fused-ring (bicyclic) bond motifs is 1. The second-order valence-electron chi connectivity index (χ2n) is 6.24. The largest absolute Gasteiger partial charge is 0.354 e. The SMILES string of the molecule is CC(=O)NC1CCC(c2nnc(Nc3ccc4[nH]ncc4c3Cl)s2)C1. The molecule has 2 unspecified atom stereocenters. The van der Waals surface area contributed by atoms with Crippen molar-refractivity contribution in [2.75, 3.05) is 5.32 Å². The lowest BCUT2D eigenvalue weighted by Crippen LogP contribution is -2.30. The van der Waals surface area contributed by atoms with Gasteiger partial charge in [-0.25, -0.2) is 0 Å². The number of rotatable bonds is 4. The summed E-state index contributed by atoms with van der Waals surface area (Å²) in [7, 11) is 0. The number of halogens is 1. The monoisotopic (exact) mass is 376 g/mol. The summed E-state index contributed by atoms with van der Waals surface area (Å²) in [6.07, 6.45) is 4.61. The van der Waals surface area contributed by atoms with E-state index in [4.69, 9.17) is 11.6 Å². The van der Waals surface area contributed by atoms with Crippen molar-refractivity contribution in [1.82, 2.24) is 25.7 Å². The normalized spacial score (nSPS) is 20.1. The zero-order valence-corrected chi connectivity index (χ0v) is 15.1. The molecule has 1 fully saturated rings. The predicted molar refractivity (Wildman–Crippen MR) is 98.5 cm³/mol. The average Bonchev–Trinajstić information content (AvgIpc) is 3.29. The molecule has 1 aliphatic carbocycles. The van der Waals surface area contributed by atoms with Crippen LogP contribution < -0.4 is 10.6 Å². The van der Waals surface area contributed by atoms with Gasteiger partial charge < -0.3 is 10.6 Å². The lowest BCUT2D eigenvalue weighted by atomic mass is 10.1. The Bertz CT molecular complexity index is 922. The Balaban J connectivity index is 1.48. The fraction of sp³-hybridized carbons (Fsp3) is 0.375. The molecule has 0 radical (unpaired) electrons. The summed E-state index contributed by atoms with van der Waals surface area (Å²) in [5.41, 5.74) is 1.67. The van der Waals surface area contributed by atoms with Crippen molar-refractivity contribution < 1.29 is 4.79 Å². The number of nitrogens with zero attached hydrogens (tertiary/aromatic N) is 3. The van der Waals surface area contributed by atoms with E-state index in [1.54, 1.807) is 13.1 Å². The molecular weight excluding hydrogens is 360 g/mol. The molecule has 0 aliphatic heterocycles. The number of benzene rings is 1. The lowest BCUT2D eigenvalue weighted by Gasteiger charge is -2.10. The second-order valence-corrected chi connectivity index (χ2v) is 7.62. The molecule has 2 heterocycles. The van der Waals surface area contributed by atoms with Crippen molar-refractivity contribution in [3.63, 3.8) is 0 Å². The van der Waals surface area contributed by atoms with Gasteiger partial charge in [-0.1, -0.05) is 22.9 Å². The van der Waals surface area contributed by atoms with E-state index in [0.717, 1.165) is 40.9 Å². The van der Waals surface area contributed by atoms with Gasteiger partial charge in [-0.2, -0.15) is 5.10 Å². The Labute approximate surface area is 153 Å². The highest BCUT2D eigenvalue weighted by Gasteiger charge is 2.29. The number of aromatic nitrogens is 4. The van der Waals surface area contributed by atoms with E-state index in [1.165, 1.54) is 11.3 Å². The van der Waals surface area contributed by atoms with Crippen LogP contribution in [0.4, 0.5) is 10.8 Å². The number of aromatic amines is 1. The maximum atomic E-state index is 11.2. The molecule has 2 atom stereocenters. The van der Waals surface area contributed by atoms with Crippen LogP contribution in [-0.4, -0.2) is 32.3 Å². The van der Waals surface area contributed by atoms with Gasteiger partial charge in [0, 0.05) is 24.3 Å². The molecule has 9 heteroatoms. The van der Waals surface area contributed by atoms with Crippen LogP contribution in [0.15, 0.2) is 18.3 Å². The third-order valence-electron chi connectivity index (χ3n) is 4.43. The Kier molecular flexibility index (Phi) is 4.30. The number of anilines is 2. The summed E-state index contributed by atoms with van der Waals surface area (Å²) in [5.74, 6) is 0.367. The van der Waals surface area contributed by atoms with Crippen LogP contribution in [0.5, 0.6) is 0 Å². The fourth-order valence-corrected chi connectivity index (χ4v) is 4.43. The van der Waals surface area contributed by atoms with Gasteiger partial charge in [0.2, 0.25) is 11.0 Å². The summed E-state index contributed by atoms with van der Waals surface area (Å²) >= 11 is 7.96. The number of nitrogens with one attached hydrogen (secondary N) is 3. The minimum Gasteiger partial charge on any atom is -0.354 e. The van der Waals surface area contributed by atoms with Gasteiger partial charge >= 0.3 is 0 Å². The summed E-state index contributed by atoms with van der Waals surface area (Å²) in [6.45, 7) is 1.56. The van der Waals surface area contributed by atoms with E-state index in [0.29, 0.717) is 16.1 Å². The van der Waals surface area contributed by atoms with E-state index < -0.39 is 0 Å². The lowest BCUT2D eigenvalue weighted by molar-refractivity contribution is -0.119. The minimum atomic E-state index is 0.0227. The molecule has 7 nitrogen and oxygen atoms in total. The second kappa shape index (κ2) is 6.61. The van der Waals surface area contributed by atoms with Crippen LogP contribution in [0.1, 0.15) is 37.1 Å². The molecule has 3 aromatic rings. The molecular formula is C16H17ClN6OS. The highest BCUT2D eigenvalue weighted by atomic mass is 35.5. The Morgan fingerprint density at radius 1 is 1.36 bits per heavy atom. The van der Waals surface area contributed by atoms with Crippen LogP contribution in [0, 0.1) is 0 Å². The average molecular weight is 377 g/mol. The van der Waals surface area contributed by atoms with Gasteiger partial charge in [-0.05, 0) is 31.4 Å². The van der Waals surface area contributed by atoms with E-state index in [9.17, 15) is 4.79 Å². The maximum Gasteiger partial charge on any atom is 0.217 e. The van der Waals surface area contributed by atoms with Gasteiger partial charge in [-0.15, -0.1) is 10.2 Å². The number of H-pyrrole nitrogens is 1. The van der Waals surface area contributed by atoms with Crippen LogP contribution >= 0.6 is 22.9 Å². The number of carbonyl (C=O) groups excluding carboxylic acids is 1. The first-order valence-electron chi connectivity index (χ1n) is 8.09. The molecule has 1 aromatic carbocycles. The summed E-state index contributed by atoms with van der Waals surface area (Å²) in [5, 5.41) is 24.9. The first kappa shape index (κ1) is 16.3. The van der Waals surface area contributed by atoms with E-state index in [-0.39, 0.29) is 11.9 Å². The Morgan fingerprint density at radius 2 is 2.24 bits per heavy atom. The Hall–Kier alpha value is -2.19. The standard InChI is InChI=1S/C16H17ClN6OS/c1-8(24)19-10-3-2-9(6-10)15-22-23-16(25-15)20-13-5-4-12-11(14(13)17)7-18-21-12/h4-5,7,9-10H,2-3,6H2,1H3,(H,18,21)(H,19,24)(H,20,23). The van der Waals surface area contributed by atoms with Gasteiger partial charge in [-0.3, -0.25) is 9.89 Å². The van der Waals surface area contributed by atoms with E-state index in [1.807, 2.05) is 12.1 Å². The molecule has 0 bridgehead atoms. The maximum absolute atomic E-state index is 11.2. The van der Waals surface area contributed by atoms with E-state index >= 15 is 0 Å². The Morgan fingerprint density at radius 3 is 3.08 bits per heavy atom. The number of amides is 1. The van der Waals surface area contributed by atoms with Crippen molar-refractivity contribution in [2.45, 2.75) is 38.1 Å². The van der Waals surface area contributed by atoms with Crippen LogP contribution in [0.3, 0.4) is 0 Å². The van der Waals surface area contributed by atoms with Crippen LogP contribution in [0.25, 0.3) is 10.9 Å². The summed E-state index contributed by atoms with van der Waals surface area (Å²) in [4.78, 5) is 11.2. The minimum absolute atomic E-state index is 0.0227. The molecule has 1 aliphatic rings. The van der Waals surface area contributed by atoms with Crippen molar-refractivity contribution in [3.8, 4) is 0 Å². The number of hydrogen-bond acceptors (Lipinski definition) is 6. The molecule has 25 heavy (non-hydrogen) atoms. The first-order chi connectivity index (χ1) is 12.1. The molecule has 1 saturated carbocycles. The molecule has 4 rings (SSSR count). The molecule has 2 aromatic heterocycles. The first-order valence-corrected chi connectivity index (χ1v) is 9.28. The van der Waals surface area contributed by atoms with Gasteiger partial charge in [0.05, 0.1) is 22.4 Å². The van der Waals surface area contributed by atoms with Crippen molar-refractivity contribution in [1.29, 1.82) is 0 Å². The summed E-state index contributed by atoms with van der Waals surface area (Å²) < 4.78 is 0. The molecule has 130 valence electrons. The highest BCUT2D eigenvalue weighted by molar-refractivity contribution is 7.15. The number of hydrogen-bond donors (Lipinski definition) is 3. The van der Waals surface area contributed by atoms with Crippen LogP contribution in [-0.2, 0) is 4.79 Å². The third-order valence-corrected chi connectivity index (χ3v) is 5.84. The molecule has 1 amide bonds. The molecule has 3 N–H and O–H groups in total. The zero-order valence-electron chi connectivity index (χ0n) is 13.5. The highest BCUT2D eigenvalue weighted by Crippen LogP contribution is 2.38. The van der Waals surface area contributed by atoms with Gasteiger partial charge in [0.25, 0.3) is 0 Å².